The zero-order chi connectivity index (χ0) is 19.2. The molecule has 7 nitrogen and oxygen atoms in total. The summed E-state index contributed by atoms with van der Waals surface area (Å²) in [5.41, 5.74) is 2.99. The first-order valence-corrected chi connectivity index (χ1v) is 8.22. The quantitative estimate of drug-likeness (QED) is 0.517. The molecule has 0 aliphatic carbocycles. The van der Waals surface area contributed by atoms with Gasteiger partial charge in [0, 0.05) is 11.8 Å². The van der Waals surface area contributed by atoms with Crippen molar-refractivity contribution in [2.75, 3.05) is 17.4 Å². The number of rotatable bonds is 6. The predicted octanol–water partition coefficient (Wildman–Crippen LogP) is 4.47. The number of carbonyl (C=O) groups excluding carboxylic acids is 1. The SMILES string of the molecule is COc1ccc(N(N=O)c2ccc(C(=O)Nc3cccnc3)c(C)c2)cc1. The fourth-order valence-electron chi connectivity index (χ4n) is 2.64. The lowest BCUT2D eigenvalue weighted by Gasteiger charge is -2.17. The molecule has 0 aliphatic rings. The number of hydrogen-bond donors (Lipinski definition) is 1. The van der Waals surface area contributed by atoms with E-state index in [1.807, 2.05) is 0 Å². The number of benzene rings is 2. The lowest BCUT2D eigenvalue weighted by atomic mass is 10.1. The second kappa shape index (κ2) is 8.09. The molecular weight excluding hydrogens is 344 g/mol. The number of hydrogen-bond acceptors (Lipinski definition) is 5. The Morgan fingerprint density at radius 1 is 1.11 bits per heavy atom. The number of methoxy groups -OCH3 is 1. The minimum absolute atomic E-state index is 0.248. The summed E-state index contributed by atoms with van der Waals surface area (Å²) in [6.07, 6.45) is 3.21. The van der Waals surface area contributed by atoms with E-state index in [0.29, 0.717) is 28.4 Å². The van der Waals surface area contributed by atoms with Gasteiger partial charge in [0.25, 0.3) is 5.91 Å². The lowest BCUT2D eigenvalue weighted by molar-refractivity contribution is 0.102. The molecule has 7 heteroatoms. The predicted molar refractivity (Wildman–Crippen MR) is 104 cm³/mol. The first kappa shape index (κ1) is 18.1. The van der Waals surface area contributed by atoms with Crippen molar-refractivity contribution in [3.05, 3.63) is 83.0 Å². The second-order valence-corrected chi connectivity index (χ2v) is 5.79. The summed E-state index contributed by atoms with van der Waals surface area (Å²) in [7, 11) is 1.57. The highest BCUT2D eigenvalue weighted by atomic mass is 16.5. The maximum atomic E-state index is 12.5. The fraction of sp³-hybridized carbons (Fsp3) is 0.100. The van der Waals surface area contributed by atoms with Gasteiger partial charge in [0.05, 0.1) is 35.7 Å². The normalized spacial score (nSPS) is 10.1. The van der Waals surface area contributed by atoms with Crippen LogP contribution in [0.2, 0.25) is 0 Å². The van der Waals surface area contributed by atoms with E-state index in [-0.39, 0.29) is 5.91 Å². The molecule has 0 aliphatic heterocycles. The Hall–Kier alpha value is -3.74. The van der Waals surface area contributed by atoms with Crippen LogP contribution >= 0.6 is 0 Å². The molecule has 1 N–H and O–H groups in total. The zero-order valence-corrected chi connectivity index (χ0v) is 14.9. The van der Waals surface area contributed by atoms with Crippen molar-refractivity contribution in [2.45, 2.75) is 6.92 Å². The standard InChI is InChI=1S/C20H18N4O3/c1-14-12-17(24(23-26)16-5-8-18(27-2)9-6-16)7-10-19(14)20(25)22-15-4-3-11-21-13-15/h3-13H,1-2H3,(H,22,25). The number of carbonyl (C=O) groups is 1. The Bertz CT molecular complexity index is 943. The topological polar surface area (TPSA) is 83.9 Å². The second-order valence-electron chi connectivity index (χ2n) is 5.79. The lowest BCUT2D eigenvalue weighted by Crippen LogP contribution is -2.14. The van der Waals surface area contributed by atoms with Crippen LogP contribution in [0.25, 0.3) is 0 Å². The largest absolute Gasteiger partial charge is 0.497 e. The number of nitrogens with zero attached hydrogens (tertiary/aromatic N) is 3. The highest BCUT2D eigenvalue weighted by Gasteiger charge is 2.15. The Labute approximate surface area is 156 Å². The van der Waals surface area contributed by atoms with Crippen LogP contribution in [0.1, 0.15) is 15.9 Å². The van der Waals surface area contributed by atoms with Crippen molar-refractivity contribution in [3.8, 4) is 5.75 Å². The van der Waals surface area contributed by atoms with Gasteiger partial charge < -0.3 is 10.1 Å². The summed E-state index contributed by atoms with van der Waals surface area (Å²) in [5, 5.41) is 7.15. The molecule has 27 heavy (non-hydrogen) atoms. The summed E-state index contributed by atoms with van der Waals surface area (Å²) in [6, 6.07) is 15.5. The summed E-state index contributed by atoms with van der Waals surface area (Å²) in [4.78, 5) is 27.8. The molecule has 3 rings (SSSR count). The van der Waals surface area contributed by atoms with Crippen molar-refractivity contribution < 1.29 is 9.53 Å². The number of aryl methyl sites for hydroxylation is 1. The molecule has 0 unspecified atom stereocenters. The number of anilines is 3. The van der Waals surface area contributed by atoms with E-state index in [9.17, 15) is 9.70 Å². The maximum Gasteiger partial charge on any atom is 0.255 e. The van der Waals surface area contributed by atoms with Gasteiger partial charge in [0.15, 0.2) is 0 Å². The summed E-state index contributed by atoms with van der Waals surface area (Å²) < 4.78 is 5.12. The Morgan fingerprint density at radius 2 is 1.85 bits per heavy atom. The van der Waals surface area contributed by atoms with Crippen LogP contribution in [-0.2, 0) is 0 Å². The van der Waals surface area contributed by atoms with Crippen LogP contribution in [0.15, 0.2) is 72.3 Å². The maximum absolute atomic E-state index is 12.5. The smallest absolute Gasteiger partial charge is 0.255 e. The van der Waals surface area contributed by atoms with E-state index in [1.165, 1.54) is 5.01 Å². The van der Waals surface area contributed by atoms with Gasteiger partial charge >= 0.3 is 0 Å². The summed E-state index contributed by atoms with van der Waals surface area (Å²) in [5.74, 6) is 0.435. The highest BCUT2D eigenvalue weighted by molar-refractivity contribution is 6.05. The van der Waals surface area contributed by atoms with Crippen LogP contribution < -0.4 is 15.1 Å². The molecule has 0 bridgehead atoms. The molecule has 0 spiro atoms. The van der Waals surface area contributed by atoms with Gasteiger partial charge in [-0.25, -0.2) is 0 Å². The Balaban J connectivity index is 1.84. The van der Waals surface area contributed by atoms with Crippen molar-refractivity contribution in [3.63, 3.8) is 0 Å². The molecule has 1 amide bonds. The number of aromatic nitrogens is 1. The Morgan fingerprint density at radius 3 is 2.44 bits per heavy atom. The van der Waals surface area contributed by atoms with Gasteiger partial charge in [-0.2, -0.15) is 5.01 Å². The first-order chi connectivity index (χ1) is 13.1. The fourth-order valence-corrected chi connectivity index (χ4v) is 2.64. The molecule has 136 valence electrons. The number of ether oxygens (including phenoxy) is 1. The van der Waals surface area contributed by atoms with Crippen LogP contribution in [0, 0.1) is 11.8 Å². The van der Waals surface area contributed by atoms with Crippen molar-refractivity contribution in [1.29, 1.82) is 0 Å². The van der Waals surface area contributed by atoms with E-state index < -0.39 is 0 Å². The molecular formula is C20H18N4O3. The molecule has 2 aromatic carbocycles. The first-order valence-electron chi connectivity index (χ1n) is 8.22. The molecule has 3 aromatic rings. The number of nitroso groups, excluding NO2 is 1. The average molecular weight is 362 g/mol. The van der Waals surface area contributed by atoms with E-state index in [2.05, 4.69) is 15.6 Å². The van der Waals surface area contributed by atoms with Gasteiger partial charge in [-0.1, -0.05) is 0 Å². The van der Waals surface area contributed by atoms with Crippen LogP contribution in [-0.4, -0.2) is 18.0 Å². The summed E-state index contributed by atoms with van der Waals surface area (Å²) in [6.45, 7) is 1.80. The monoisotopic (exact) mass is 362 g/mol. The zero-order valence-electron chi connectivity index (χ0n) is 14.9. The van der Waals surface area contributed by atoms with Crippen molar-refractivity contribution >= 4 is 23.0 Å². The average Bonchev–Trinajstić information content (AvgIpc) is 2.70. The minimum atomic E-state index is -0.248. The van der Waals surface area contributed by atoms with Gasteiger partial charge in [0.1, 0.15) is 5.75 Å². The van der Waals surface area contributed by atoms with E-state index in [0.717, 1.165) is 5.56 Å². The Kier molecular flexibility index (Phi) is 5.41. The van der Waals surface area contributed by atoms with Gasteiger partial charge in [-0.15, -0.1) is 4.91 Å². The molecule has 0 atom stereocenters. The van der Waals surface area contributed by atoms with E-state index >= 15 is 0 Å². The van der Waals surface area contributed by atoms with Crippen molar-refractivity contribution in [1.82, 2.24) is 4.98 Å². The summed E-state index contributed by atoms with van der Waals surface area (Å²) >= 11 is 0. The van der Waals surface area contributed by atoms with Crippen molar-refractivity contribution in [2.24, 2.45) is 5.29 Å². The third-order valence-corrected chi connectivity index (χ3v) is 4.02. The third-order valence-electron chi connectivity index (χ3n) is 4.02. The van der Waals surface area contributed by atoms with Gasteiger partial charge in [0.2, 0.25) is 0 Å². The van der Waals surface area contributed by atoms with Crippen LogP contribution in [0.3, 0.4) is 0 Å². The van der Waals surface area contributed by atoms with Crippen LogP contribution in [0.5, 0.6) is 5.75 Å². The molecule has 0 fully saturated rings. The minimum Gasteiger partial charge on any atom is -0.497 e. The third kappa shape index (κ3) is 4.09. The molecule has 0 radical (unpaired) electrons. The van der Waals surface area contributed by atoms with Crippen LogP contribution in [0.4, 0.5) is 17.1 Å². The number of pyridine rings is 1. The molecule has 0 saturated carbocycles. The van der Waals surface area contributed by atoms with Gasteiger partial charge in [-0.3, -0.25) is 9.78 Å². The molecule has 0 saturated heterocycles. The highest BCUT2D eigenvalue weighted by Crippen LogP contribution is 2.29. The molecule has 1 heterocycles. The van der Waals surface area contributed by atoms with E-state index in [4.69, 9.17) is 4.74 Å². The van der Waals surface area contributed by atoms with E-state index in [1.54, 1.807) is 81.0 Å². The van der Waals surface area contributed by atoms with Gasteiger partial charge in [-0.05, 0) is 67.1 Å². The molecule has 1 aromatic heterocycles. The number of nitrogens with one attached hydrogen (secondary N) is 1. The number of amides is 1.